The molecule has 5 aromatic rings. The largest absolute Gasteiger partial charge is 0.463 e. The van der Waals surface area contributed by atoms with Crippen molar-refractivity contribution < 1.29 is 8.83 Å². The van der Waals surface area contributed by atoms with E-state index in [0.29, 0.717) is 22.6 Å². The van der Waals surface area contributed by atoms with E-state index in [2.05, 4.69) is 0 Å². The van der Waals surface area contributed by atoms with E-state index in [-0.39, 0.29) is 5.63 Å². The minimum atomic E-state index is -0.299. The first-order valence-corrected chi connectivity index (χ1v) is 10.2. The Hall–Kier alpha value is -3.30. The Labute approximate surface area is 178 Å². The molecule has 0 aliphatic carbocycles. The van der Waals surface area contributed by atoms with Crippen LogP contribution in [0, 0.1) is 13.8 Å². The molecule has 0 spiro atoms. The lowest BCUT2D eigenvalue weighted by atomic mass is 9.95. The first kappa shape index (κ1) is 18.7. The molecule has 0 bridgehead atoms. The molecule has 0 radical (unpaired) electrons. The minimum absolute atomic E-state index is 0.299. The van der Waals surface area contributed by atoms with Crippen LogP contribution in [-0.4, -0.2) is 0 Å². The van der Waals surface area contributed by atoms with Crippen molar-refractivity contribution in [1.29, 1.82) is 0 Å². The number of furan rings is 1. The van der Waals surface area contributed by atoms with Crippen molar-refractivity contribution in [1.82, 2.24) is 0 Å². The maximum atomic E-state index is 12.8. The van der Waals surface area contributed by atoms with Gasteiger partial charge in [0.2, 0.25) is 0 Å². The lowest BCUT2D eigenvalue weighted by Gasteiger charge is -2.10. The fourth-order valence-electron chi connectivity index (χ4n) is 4.13. The highest BCUT2D eigenvalue weighted by Crippen LogP contribution is 2.39. The number of benzene rings is 3. The van der Waals surface area contributed by atoms with Gasteiger partial charge < -0.3 is 8.83 Å². The summed E-state index contributed by atoms with van der Waals surface area (Å²) in [5.74, 6) is 0. The number of hydrogen-bond donors (Lipinski definition) is 0. The van der Waals surface area contributed by atoms with Gasteiger partial charge in [-0.2, -0.15) is 0 Å². The first-order valence-electron chi connectivity index (χ1n) is 9.80. The van der Waals surface area contributed by atoms with Gasteiger partial charge in [-0.15, -0.1) is 0 Å². The molecule has 0 fully saturated rings. The van der Waals surface area contributed by atoms with Crippen molar-refractivity contribution in [3.63, 3.8) is 0 Å². The summed E-state index contributed by atoms with van der Waals surface area (Å²) in [6, 6.07) is 19.6. The van der Waals surface area contributed by atoms with Crippen LogP contribution in [0.25, 0.3) is 33.1 Å². The average Bonchev–Trinajstić information content (AvgIpc) is 3.18. The van der Waals surface area contributed by atoms with Gasteiger partial charge >= 0.3 is 5.63 Å². The molecule has 0 aliphatic heterocycles. The van der Waals surface area contributed by atoms with Crippen LogP contribution in [0.5, 0.6) is 0 Å². The summed E-state index contributed by atoms with van der Waals surface area (Å²) in [4.78, 5) is 12.8. The number of aryl methyl sites for hydroxylation is 2. The van der Waals surface area contributed by atoms with Crippen LogP contribution < -0.4 is 5.63 Å². The lowest BCUT2D eigenvalue weighted by Crippen LogP contribution is -2.11. The standard InChI is InChI=1S/C26H19ClO3/c1-15-12-22-24(16(2)20(26(28)30-22)13-17-6-4-3-5-7-17)25-23(15)21(14-29-25)18-8-10-19(27)11-9-18/h3-12,14H,13H2,1-2H3. The lowest BCUT2D eigenvalue weighted by molar-refractivity contribution is 0.549. The minimum Gasteiger partial charge on any atom is -0.463 e. The van der Waals surface area contributed by atoms with Gasteiger partial charge in [0.1, 0.15) is 11.2 Å². The monoisotopic (exact) mass is 414 g/mol. The molecule has 3 aromatic carbocycles. The zero-order valence-electron chi connectivity index (χ0n) is 16.7. The SMILES string of the molecule is Cc1cc2oc(=O)c(Cc3ccccc3)c(C)c2c2occ(-c3ccc(Cl)cc3)c12. The highest BCUT2D eigenvalue weighted by Gasteiger charge is 2.20. The third-order valence-corrected chi connectivity index (χ3v) is 5.91. The maximum Gasteiger partial charge on any atom is 0.340 e. The van der Waals surface area contributed by atoms with Crippen LogP contribution >= 0.6 is 11.6 Å². The molecule has 0 amide bonds. The number of fused-ring (bicyclic) bond motifs is 3. The van der Waals surface area contributed by atoms with Crippen LogP contribution in [-0.2, 0) is 6.42 Å². The Morgan fingerprint density at radius 3 is 2.40 bits per heavy atom. The van der Waals surface area contributed by atoms with E-state index in [1.807, 2.05) is 74.5 Å². The van der Waals surface area contributed by atoms with Crippen molar-refractivity contribution in [2.75, 3.05) is 0 Å². The third kappa shape index (κ3) is 3.03. The number of hydrogen-bond acceptors (Lipinski definition) is 3. The molecule has 5 rings (SSSR count). The van der Waals surface area contributed by atoms with Gasteiger partial charge in [-0.25, -0.2) is 4.79 Å². The Morgan fingerprint density at radius 1 is 0.933 bits per heavy atom. The number of halogens is 1. The van der Waals surface area contributed by atoms with Gasteiger partial charge in [-0.3, -0.25) is 0 Å². The molecule has 30 heavy (non-hydrogen) atoms. The summed E-state index contributed by atoms with van der Waals surface area (Å²) >= 11 is 6.05. The molecule has 0 aliphatic rings. The summed E-state index contributed by atoms with van der Waals surface area (Å²) < 4.78 is 11.8. The molecule has 4 heteroatoms. The molecular formula is C26H19ClO3. The second-order valence-corrected chi connectivity index (χ2v) is 8.02. The Bertz CT molecular complexity index is 1440. The molecule has 3 nitrogen and oxygen atoms in total. The van der Waals surface area contributed by atoms with Gasteiger partial charge in [0, 0.05) is 28.0 Å². The molecule has 0 atom stereocenters. The molecular weight excluding hydrogens is 396 g/mol. The highest BCUT2D eigenvalue weighted by atomic mass is 35.5. The summed E-state index contributed by atoms with van der Waals surface area (Å²) in [7, 11) is 0. The molecule has 0 saturated carbocycles. The molecule has 148 valence electrons. The van der Waals surface area contributed by atoms with E-state index >= 15 is 0 Å². The fraction of sp³-hybridized carbons (Fsp3) is 0.115. The molecule has 0 saturated heterocycles. The third-order valence-electron chi connectivity index (χ3n) is 5.66. The molecule has 0 N–H and O–H groups in total. The van der Waals surface area contributed by atoms with Crippen LogP contribution in [0.3, 0.4) is 0 Å². The van der Waals surface area contributed by atoms with E-state index in [1.54, 1.807) is 6.26 Å². The van der Waals surface area contributed by atoms with E-state index < -0.39 is 0 Å². The van der Waals surface area contributed by atoms with E-state index in [4.69, 9.17) is 20.4 Å². The van der Waals surface area contributed by atoms with Crippen molar-refractivity contribution in [3.8, 4) is 11.1 Å². The van der Waals surface area contributed by atoms with Crippen LogP contribution in [0.2, 0.25) is 5.02 Å². The Kier molecular flexibility index (Phi) is 4.48. The second-order valence-electron chi connectivity index (χ2n) is 7.58. The van der Waals surface area contributed by atoms with Crippen molar-refractivity contribution in [3.05, 3.63) is 105 Å². The van der Waals surface area contributed by atoms with Crippen molar-refractivity contribution >= 4 is 33.5 Å². The molecule has 0 unspecified atom stereocenters. The number of rotatable bonds is 3. The predicted molar refractivity (Wildman–Crippen MR) is 121 cm³/mol. The first-order chi connectivity index (χ1) is 14.5. The topological polar surface area (TPSA) is 43.4 Å². The zero-order valence-corrected chi connectivity index (χ0v) is 17.4. The van der Waals surface area contributed by atoms with Crippen LogP contribution in [0.4, 0.5) is 0 Å². The highest BCUT2D eigenvalue weighted by molar-refractivity contribution is 6.30. The maximum absolute atomic E-state index is 12.8. The molecule has 2 aromatic heterocycles. The van der Waals surface area contributed by atoms with E-state index in [9.17, 15) is 4.79 Å². The van der Waals surface area contributed by atoms with Gasteiger partial charge in [-0.1, -0.05) is 54.1 Å². The van der Waals surface area contributed by atoms with Gasteiger partial charge in [0.25, 0.3) is 0 Å². The van der Waals surface area contributed by atoms with Gasteiger partial charge in [0.15, 0.2) is 0 Å². The zero-order chi connectivity index (χ0) is 20.8. The smallest absolute Gasteiger partial charge is 0.340 e. The van der Waals surface area contributed by atoms with E-state index in [0.717, 1.165) is 44.2 Å². The quantitative estimate of drug-likeness (QED) is 0.296. The average molecular weight is 415 g/mol. The second kappa shape index (κ2) is 7.19. The Balaban J connectivity index is 1.77. The summed E-state index contributed by atoms with van der Waals surface area (Å²) in [6.45, 7) is 3.97. The summed E-state index contributed by atoms with van der Waals surface area (Å²) in [5, 5.41) is 2.56. The van der Waals surface area contributed by atoms with Crippen molar-refractivity contribution in [2.45, 2.75) is 20.3 Å². The van der Waals surface area contributed by atoms with Crippen LogP contribution in [0.15, 0.2) is 80.6 Å². The van der Waals surface area contributed by atoms with E-state index in [1.165, 1.54) is 0 Å². The van der Waals surface area contributed by atoms with Crippen molar-refractivity contribution in [2.24, 2.45) is 0 Å². The van der Waals surface area contributed by atoms with Crippen LogP contribution in [0.1, 0.15) is 22.3 Å². The summed E-state index contributed by atoms with van der Waals surface area (Å²) in [6.07, 6.45) is 2.28. The van der Waals surface area contributed by atoms with Gasteiger partial charge in [0.05, 0.1) is 11.6 Å². The molecule has 2 heterocycles. The normalized spacial score (nSPS) is 11.4. The summed E-state index contributed by atoms with van der Waals surface area (Å²) in [5.41, 5.74) is 6.63. The fourth-order valence-corrected chi connectivity index (χ4v) is 4.26. The Morgan fingerprint density at radius 2 is 1.67 bits per heavy atom. The predicted octanol–water partition coefficient (Wildman–Crippen LogP) is 7.07. The van der Waals surface area contributed by atoms with Gasteiger partial charge in [-0.05, 0) is 54.3 Å².